The lowest BCUT2D eigenvalue weighted by atomic mass is 10.0. The molecule has 0 amide bonds. The summed E-state index contributed by atoms with van der Waals surface area (Å²) in [6.45, 7) is 8.48. The number of nitrogens with two attached hydrogens (primary N) is 1. The first-order valence-electron chi connectivity index (χ1n) is 5.66. The molecule has 0 radical (unpaired) electrons. The summed E-state index contributed by atoms with van der Waals surface area (Å²) in [6.07, 6.45) is 2.62. The van der Waals surface area contributed by atoms with Crippen LogP contribution >= 0.6 is 11.6 Å². The maximum atomic E-state index is 6.17. The van der Waals surface area contributed by atoms with Crippen LogP contribution in [0.2, 0.25) is 5.02 Å². The maximum absolute atomic E-state index is 6.17. The van der Waals surface area contributed by atoms with Crippen LogP contribution in [0.25, 0.3) is 0 Å². The molecule has 1 aromatic rings. The maximum Gasteiger partial charge on any atom is 0.0834 e. The zero-order valence-corrected chi connectivity index (χ0v) is 11.1. The summed E-state index contributed by atoms with van der Waals surface area (Å²) < 4.78 is 1.93. The Morgan fingerprint density at radius 3 is 2.50 bits per heavy atom. The van der Waals surface area contributed by atoms with E-state index >= 15 is 0 Å². The second-order valence-corrected chi connectivity index (χ2v) is 5.17. The van der Waals surface area contributed by atoms with E-state index in [9.17, 15) is 0 Å². The van der Waals surface area contributed by atoms with Crippen molar-refractivity contribution in [2.45, 2.75) is 46.2 Å². The highest BCUT2D eigenvalue weighted by Crippen LogP contribution is 2.28. The molecule has 1 atom stereocenters. The number of nitrogens with zero attached hydrogens (tertiary/aromatic N) is 2. The van der Waals surface area contributed by atoms with Gasteiger partial charge in [-0.1, -0.05) is 25.4 Å². The Labute approximate surface area is 102 Å². The Bertz CT molecular complexity index is 333. The molecule has 0 aliphatic heterocycles. The standard InChI is InChI=1S/C11H21ClN4/c1-7(2)5-10(15-13)11-9(12)6-14-16(11)8(3)4/h6-8,10,15H,5,13H2,1-4H3. The summed E-state index contributed by atoms with van der Waals surface area (Å²) in [5.41, 5.74) is 3.81. The van der Waals surface area contributed by atoms with Crippen LogP contribution in [0.5, 0.6) is 0 Å². The Kier molecular flexibility index (Phi) is 4.77. The van der Waals surface area contributed by atoms with Crippen molar-refractivity contribution in [2.24, 2.45) is 11.8 Å². The molecule has 0 fully saturated rings. The van der Waals surface area contributed by atoms with Gasteiger partial charge in [0.05, 0.1) is 23.0 Å². The molecule has 1 heterocycles. The molecule has 1 aromatic heterocycles. The van der Waals surface area contributed by atoms with Gasteiger partial charge in [0.2, 0.25) is 0 Å². The highest BCUT2D eigenvalue weighted by Gasteiger charge is 2.21. The van der Waals surface area contributed by atoms with Crippen molar-refractivity contribution in [1.29, 1.82) is 0 Å². The quantitative estimate of drug-likeness (QED) is 0.619. The van der Waals surface area contributed by atoms with E-state index in [0.717, 1.165) is 12.1 Å². The van der Waals surface area contributed by atoms with Gasteiger partial charge in [-0.05, 0) is 26.2 Å². The zero-order valence-electron chi connectivity index (χ0n) is 10.4. The number of rotatable bonds is 5. The normalized spacial score (nSPS) is 13.8. The van der Waals surface area contributed by atoms with Gasteiger partial charge in [-0.3, -0.25) is 16.0 Å². The summed E-state index contributed by atoms with van der Waals surface area (Å²) >= 11 is 6.17. The number of hydrogen-bond donors (Lipinski definition) is 2. The molecule has 0 saturated carbocycles. The summed E-state index contributed by atoms with van der Waals surface area (Å²) in [5, 5.41) is 4.96. The molecule has 3 N–H and O–H groups in total. The van der Waals surface area contributed by atoms with Crippen LogP contribution in [-0.2, 0) is 0 Å². The van der Waals surface area contributed by atoms with E-state index in [1.807, 2.05) is 4.68 Å². The average Bonchev–Trinajstić information content (AvgIpc) is 2.56. The number of nitrogens with one attached hydrogen (secondary N) is 1. The number of aromatic nitrogens is 2. The molecule has 5 heteroatoms. The summed E-state index contributed by atoms with van der Waals surface area (Å²) in [5.74, 6) is 6.15. The predicted molar refractivity (Wildman–Crippen MR) is 67.1 cm³/mol. The third-order valence-electron chi connectivity index (χ3n) is 2.51. The minimum atomic E-state index is 0.0531. The van der Waals surface area contributed by atoms with E-state index in [4.69, 9.17) is 17.4 Å². The Morgan fingerprint density at radius 1 is 1.44 bits per heavy atom. The average molecular weight is 245 g/mol. The van der Waals surface area contributed by atoms with E-state index in [0.29, 0.717) is 10.9 Å². The first kappa shape index (κ1) is 13.5. The Balaban J connectivity index is 3.03. The topological polar surface area (TPSA) is 55.9 Å². The van der Waals surface area contributed by atoms with Crippen LogP contribution in [0, 0.1) is 5.92 Å². The molecular weight excluding hydrogens is 224 g/mol. The molecule has 92 valence electrons. The van der Waals surface area contributed by atoms with E-state index in [2.05, 4.69) is 38.2 Å². The van der Waals surface area contributed by atoms with Gasteiger partial charge in [0.1, 0.15) is 0 Å². The van der Waals surface area contributed by atoms with Gasteiger partial charge >= 0.3 is 0 Å². The highest BCUT2D eigenvalue weighted by atomic mass is 35.5. The van der Waals surface area contributed by atoms with Crippen LogP contribution in [-0.4, -0.2) is 9.78 Å². The SMILES string of the molecule is CC(C)CC(NN)c1c(Cl)cnn1C(C)C. The minimum absolute atomic E-state index is 0.0531. The fourth-order valence-corrected chi connectivity index (χ4v) is 2.08. The van der Waals surface area contributed by atoms with Gasteiger partial charge in [-0.15, -0.1) is 0 Å². The van der Waals surface area contributed by atoms with Gasteiger partial charge in [0.25, 0.3) is 0 Å². The second kappa shape index (κ2) is 5.66. The van der Waals surface area contributed by atoms with E-state index in [-0.39, 0.29) is 12.1 Å². The van der Waals surface area contributed by atoms with Crippen LogP contribution in [0.1, 0.15) is 51.9 Å². The van der Waals surface area contributed by atoms with Gasteiger partial charge in [-0.25, -0.2) is 0 Å². The Hall–Kier alpha value is -0.580. The summed E-state index contributed by atoms with van der Waals surface area (Å²) in [6, 6.07) is 0.336. The Morgan fingerprint density at radius 2 is 2.06 bits per heavy atom. The summed E-state index contributed by atoms with van der Waals surface area (Å²) in [7, 11) is 0. The lowest BCUT2D eigenvalue weighted by Gasteiger charge is -2.21. The van der Waals surface area contributed by atoms with Gasteiger partial charge < -0.3 is 0 Å². The summed E-state index contributed by atoms with van der Waals surface area (Å²) in [4.78, 5) is 0. The van der Waals surface area contributed by atoms with Crippen LogP contribution in [0.3, 0.4) is 0 Å². The van der Waals surface area contributed by atoms with Crippen LogP contribution in [0.15, 0.2) is 6.20 Å². The molecule has 1 unspecified atom stereocenters. The van der Waals surface area contributed by atoms with Gasteiger partial charge in [0, 0.05) is 6.04 Å². The molecule has 0 aromatic carbocycles. The second-order valence-electron chi connectivity index (χ2n) is 4.76. The predicted octanol–water partition coefficient (Wildman–Crippen LogP) is 2.67. The third kappa shape index (κ3) is 2.97. The fraction of sp³-hybridized carbons (Fsp3) is 0.727. The van der Waals surface area contributed by atoms with E-state index in [1.54, 1.807) is 6.20 Å². The first-order valence-corrected chi connectivity index (χ1v) is 6.04. The van der Waals surface area contributed by atoms with Crippen molar-refractivity contribution in [2.75, 3.05) is 0 Å². The molecule has 0 aliphatic carbocycles. The van der Waals surface area contributed by atoms with Crippen molar-refractivity contribution >= 4 is 11.6 Å². The molecule has 1 rings (SSSR count). The third-order valence-corrected chi connectivity index (χ3v) is 2.81. The van der Waals surface area contributed by atoms with E-state index in [1.165, 1.54) is 0 Å². The van der Waals surface area contributed by atoms with Crippen LogP contribution < -0.4 is 11.3 Å². The number of hydrazine groups is 1. The zero-order chi connectivity index (χ0) is 12.3. The molecule has 0 spiro atoms. The monoisotopic (exact) mass is 244 g/mol. The molecular formula is C11H21ClN4. The fourth-order valence-electron chi connectivity index (χ4n) is 1.82. The van der Waals surface area contributed by atoms with E-state index < -0.39 is 0 Å². The smallest absolute Gasteiger partial charge is 0.0834 e. The molecule has 0 saturated heterocycles. The van der Waals surface area contributed by atoms with Crippen molar-refractivity contribution in [3.8, 4) is 0 Å². The van der Waals surface area contributed by atoms with Gasteiger partial charge in [-0.2, -0.15) is 5.10 Å². The highest BCUT2D eigenvalue weighted by molar-refractivity contribution is 6.31. The lowest BCUT2D eigenvalue weighted by Crippen LogP contribution is -2.31. The van der Waals surface area contributed by atoms with Crippen molar-refractivity contribution in [3.63, 3.8) is 0 Å². The number of halogens is 1. The molecule has 4 nitrogen and oxygen atoms in total. The van der Waals surface area contributed by atoms with Crippen molar-refractivity contribution < 1.29 is 0 Å². The minimum Gasteiger partial charge on any atom is -0.271 e. The molecule has 0 bridgehead atoms. The molecule has 0 aliphatic rings. The van der Waals surface area contributed by atoms with Crippen molar-refractivity contribution in [1.82, 2.24) is 15.2 Å². The van der Waals surface area contributed by atoms with Crippen molar-refractivity contribution in [3.05, 3.63) is 16.9 Å². The van der Waals surface area contributed by atoms with Gasteiger partial charge in [0.15, 0.2) is 0 Å². The molecule has 16 heavy (non-hydrogen) atoms. The largest absolute Gasteiger partial charge is 0.271 e. The van der Waals surface area contributed by atoms with Crippen LogP contribution in [0.4, 0.5) is 0 Å². The number of hydrogen-bond acceptors (Lipinski definition) is 3. The first-order chi connectivity index (χ1) is 7.47. The lowest BCUT2D eigenvalue weighted by molar-refractivity contribution is 0.394.